The minimum absolute atomic E-state index is 0. The molecule has 6 heteroatoms. The molecule has 0 radical (unpaired) electrons. The van der Waals surface area contributed by atoms with Gasteiger partial charge in [-0.1, -0.05) is 6.08 Å². The Balaban J connectivity index is 0.00000312. The monoisotopic (exact) mass is 461 g/mol. The van der Waals surface area contributed by atoms with Gasteiger partial charge < -0.3 is 19.8 Å². The lowest BCUT2D eigenvalue weighted by molar-refractivity contribution is -0.0152. The number of hydrogen-bond donors (Lipinski definition) is 2. The van der Waals surface area contributed by atoms with Gasteiger partial charge in [0.05, 0.1) is 18.5 Å². The molecular formula is C19H32IN3O2. The maximum Gasteiger partial charge on any atom is 0.191 e. The third-order valence-corrected chi connectivity index (χ3v) is 4.10. The van der Waals surface area contributed by atoms with E-state index < -0.39 is 0 Å². The van der Waals surface area contributed by atoms with Gasteiger partial charge in [0.15, 0.2) is 5.96 Å². The second kappa shape index (κ2) is 12.4. The molecular weight excluding hydrogens is 429 g/mol. The second-order valence-electron chi connectivity index (χ2n) is 6.53. The predicted molar refractivity (Wildman–Crippen MR) is 114 cm³/mol. The van der Waals surface area contributed by atoms with Crippen LogP contribution in [0.5, 0.6) is 0 Å². The minimum atomic E-state index is 0. The molecule has 2 N–H and O–H groups in total. The Morgan fingerprint density at radius 1 is 1.40 bits per heavy atom. The van der Waals surface area contributed by atoms with Gasteiger partial charge in [0.25, 0.3) is 0 Å². The molecule has 1 aliphatic rings. The first-order valence-corrected chi connectivity index (χ1v) is 9.01. The molecule has 0 amide bonds. The summed E-state index contributed by atoms with van der Waals surface area (Å²) in [6.07, 6.45) is 9.52. The van der Waals surface area contributed by atoms with E-state index >= 15 is 0 Å². The van der Waals surface area contributed by atoms with Crippen molar-refractivity contribution >= 4 is 29.9 Å². The van der Waals surface area contributed by atoms with Gasteiger partial charge >= 0.3 is 0 Å². The average molecular weight is 461 g/mol. The highest BCUT2D eigenvalue weighted by Gasteiger charge is 2.22. The Hall–Kier alpha value is -1.02. The van der Waals surface area contributed by atoms with Gasteiger partial charge in [-0.05, 0) is 51.7 Å². The minimum Gasteiger partial charge on any atom is -0.469 e. The third-order valence-electron chi connectivity index (χ3n) is 4.10. The lowest BCUT2D eigenvalue weighted by atomic mass is 9.93. The van der Waals surface area contributed by atoms with Crippen LogP contribution in [0.3, 0.4) is 0 Å². The third kappa shape index (κ3) is 8.76. The number of nitrogens with zero attached hydrogens (tertiary/aromatic N) is 1. The molecule has 1 saturated carbocycles. The summed E-state index contributed by atoms with van der Waals surface area (Å²) in [5.41, 5.74) is 0. The fourth-order valence-corrected chi connectivity index (χ4v) is 2.98. The van der Waals surface area contributed by atoms with E-state index in [2.05, 4.69) is 36.1 Å². The molecule has 1 aromatic rings. The van der Waals surface area contributed by atoms with Crippen LogP contribution in [0, 0.1) is 0 Å². The van der Waals surface area contributed by atoms with Gasteiger partial charge in [-0.15, -0.1) is 30.6 Å². The smallest absolute Gasteiger partial charge is 0.191 e. The molecule has 0 saturated heterocycles. The Kier molecular flexibility index (Phi) is 10.9. The molecule has 0 spiro atoms. The number of guanidine groups is 1. The fraction of sp³-hybridized carbons (Fsp3) is 0.632. The molecule has 1 fully saturated rings. The number of furan rings is 1. The molecule has 1 aliphatic carbocycles. The van der Waals surface area contributed by atoms with Gasteiger partial charge in [-0.3, -0.25) is 4.99 Å². The first-order chi connectivity index (χ1) is 11.7. The second-order valence-corrected chi connectivity index (χ2v) is 6.53. The summed E-state index contributed by atoms with van der Waals surface area (Å²) in [7, 11) is 0. The van der Waals surface area contributed by atoms with Gasteiger partial charge in [-0.25, -0.2) is 0 Å². The SMILES string of the molecule is C=CCNC(=NCCc1ccco1)NC1CCC(OC(C)C)CC1.I. The average Bonchev–Trinajstić information content (AvgIpc) is 3.07. The molecule has 142 valence electrons. The van der Waals surface area contributed by atoms with Crippen molar-refractivity contribution in [2.45, 2.75) is 64.2 Å². The van der Waals surface area contributed by atoms with Gasteiger partial charge in [0.2, 0.25) is 0 Å². The first-order valence-electron chi connectivity index (χ1n) is 9.01. The lowest BCUT2D eigenvalue weighted by Gasteiger charge is -2.31. The number of aliphatic imine (C=N–C) groups is 1. The number of hydrogen-bond acceptors (Lipinski definition) is 3. The molecule has 0 aliphatic heterocycles. The van der Waals surface area contributed by atoms with Crippen molar-refractivity contribution in [3.63, 3.8) is 0 Å². The van der Waals surface area contributed by atoms with Crippen LogP contribution in [0.15, 0.2) is 40.5 Å². The summed E-state index contributed by atoms with van der Waals surface area (Å²) in [4.78, 5) is 4.65. The Morgan fingerprint density at radius 3 is 2.76 bits per heavy atom. The summed E-state index contributed by atoms with van der Waals surface area (Å²) < 4.78 is 11.3. The highest BCUT2D eigenvalue weighted by atomic mass is 127. The van der Waals surface area contributed by atoms with Crippen molar-refractivity contribution in [1.82, 2.24) is 10.6 Å². The quantitative estimate of drug-likeness (QED) is 0.267. The molecule has 0 atom stereocenters. The Bertz CT molecular complexity index is 495. The van der Waals surface area contributed by atoms with E-state index in [0.29, 0.717) is 31.3 Å². The van der Waals surface area contributed by atoms with Crippen molar-refractivity contribution in [2.24, 2.45) is 4.99 Å². The zero-order chi connectivity index (χ0) is 17.2. The lowest BCUT2D eigenvalue weighted by Crippen LogP contribution is -2.45. The molecule has 1 heterocycles. The van der Waals surface area contributed by atoms with E-state index in [4.69, 9.17) is 9.15 Å². The summed E-state index contributed by atoms with van der Waals surface area (Å²) >= 11 is 0. The first kappa shape index (κ1) is 22.0. The van der Waals surface area contributed by atoms with E-state index in [1.165, 1.54) is 0 Å². The van der Waals surface area contributed by atoms with Crippen LogP contribution in [0.2, 0.25) is 0 Å². The van der Waals surface area contributed by atoms with Gasteiger partial charge in [0, 0.05) is 25.6 Å². The molecule has 2 rings (SSSR count). The Labute approximate surface area is 168 Å². The van der Waals surface area contributed by atoms with Crippen LogP contribution < -0.4 is 10.6 Å². The van der Waals surface area contributed by atoms with Crippen molar-refractivity contribution in [2.75, 3.05) is 13.1 Å². The molecule has 5 nitrogen and oxygen atoms in total. The van der Waals surface area contributed by atoms with E-state index in [1.54, 1.807) is 6.26 Å². The molecule has 0 aromatic carbocycles. The van der Waals surface area contributed by atoms with E-state index in [9.17, 15) is 0 Å². The zero-order valence-corrected chi connectivity index (χ0v) is 17.7. The predicted octanol–water partition coefficient (Wildman–Crippen LogP) is 3.90. The Morgan fingerprint density at radius 2 is 2.16 bits per heavy atom. The van der Waals surface area contributed by atoms with E-state index in [-0.39, 0.29) is 24.0 Å². The summed E-state index contributed by atoms with van der Waals surface area (Å²) in [6.45, 7) is 9.38. The highest BCUT2D eigenvalue weighted by Crippen LogP contribution is 2.22. The number of rotatable bonds is 8. The molecule has 0 unspecified atom stereocenters. The van der Waals surface area contributed by atoms with Crippen molar-refractivity contribution in [1.29, 1.82) is 0 Å². The van der Waals surface area contributed by atoms with Crippen molar-refractivity contribution < 1.29 is 9.15 Å². The van der Waals surface area contributed by atoms with Crippen molar-refractivity contribution in [3.8, 4) is 0 Å². The number of ether oxygens (including phenoxy) is 1. The van der Waals surface area contributed by atoms with Gasteiger partial charge in [0.1, 0.15) is 5.76 Å². The van der Waals surface area contributed by atoms with Crippen LogP contribution in [0.1, 0.15) is 45.3 Å². The van der Waals surface area contributed by atoms with Crippen molar-refractivity contribution in [3.05, 3.63) is 36.8 Å². The summed E-state index contributed by atoms with van der Waals surface area (Å²) in [5, 5.41) is 6.85. The topological polar surface area (TPSA) is 58.8 Å². The van der Waals surface area contributed by atoms with Crippen LogP contribution in [0.25, 0.3) is 0 Å². The van der Waals surface area contributed by atoms with Crippen LogP contribution in [-0.4, -0.2) is 37.3 Å². The van der Waals surface area contributed by atoms with Crippen LogP contribution in [-0.2, 0) is 11.2 Å². The molecule has 25 heavy (non-hydrogen) atoms. The van der Waals surface area contributed by atoms with E-state index in [1.807, 2.05) is 18.2 Å². The molecule has 0 bridgehead atoms. The fourth-order valence-electron chi connectivity index (χ4n) is 2.98. The van der Waals surface area contributed by atoms with Gasteiger partial charge in [-0.2, -0.15) is 0 Å². The largest absolute Gasteiger partial charge is 0.469 e. The maximum atomic E-state index is 5.92. The van der Waals surface area contributed by atoms with E-state index in [0.717, 1.165) is 43.8 Å². The zero-order valence-electron chi connectivity index (χ0n) is 15.4. The summed E-state index contributed by atoms with van der Waals surface area (Å²) in [6, 6.07) is 4.35. The highest BCUT2D eigenvalue weighted by molar-refractivity contribution is 14.0. The molecule has 1 aromatic heterocycles. The maximum absolute atomic E-state index is 5.92. The number of halogens is 1. The standard InChI is InChI=1S/C19H31N3O2.HI/c1-4-12-20-19(21-13-11-17-6-5-14-23-17)22-16-7-9-18(10-8-16)24-15(2)3;/h4-6,14-16,18H,1,7-13H2,2-3H3,(H2,20,21,22);1H. The normalized spacial score (nSPS) is 20.8. The number of nitrogens with one attached hydrogen (secondary N) is 2. The van der Waals surface area contributed by atoms with Crippen LogP contribution >= 0.6 is 24.0 Å². The van der Waals surface area contributed by atoms with Crippen LogP contribution in [0.4, 0.5) is 0 Å². The summed E-state index contributed by atoms with van der Waals surface area (Å²) in [5.74, 6) is 1.82.